The Bertz CT molecular complexity index is 1070. The summed E-state index contributed by atoms with van der Waals surface area (Å²) in [5, 5.41) is 3.56. The molecular formula is C24H26FN3O2S. The summed E-state index contributed by atoms with van der Waals surface area (Å²) in [6, 6.07) is 14.5. The molecule has 7 heteroatoms. The van der Waals surface area contributed by atoms with Crippen LogP contribution in [0.15, 0.2) is 42.5 Å². The molecule has 31 heavy (non-hydrogen) atoms. The first-order valence-electron chi connectivity index (χ1n) is 10.9. The zero-order valence-electron chi connectivity index (χ0n) is 17.5. The third-order valence-electron chi connectivity index (χ3n) is 6.43. The molecule has 2 fully saturated rings. The molecule has 2 saturated heterocycles. The highest BCUT2D eigenvalue weighted by Gasteiger charge is 2.40. The lowest BCUT2D eigenvalue weighted by Crippen LogP contribution is -2.50. The van der Waals surface area contributed by atoms with Gasteiger partial charge in [-0.2, -0.15) is 0 Å². The number of rotatable bonds is 6. The fourth-order valence-corrected chi connectivity index (χ4v) is 5.91. The molecule has 1 amide bonds. The van der Waals surface area contributed by atoms with Gasteiger partial charge in [0.15, 0.2) is 0 Å². The van der Waals surface area contributed by atoms with Gasteiger partial charge in [0.05, 0.1) is 10.2 Å². The normalized spacial score (nSPS) is 23.2. The summed E-state index contributed by atoms with van der Waals surface area (Å²) in [7, 11) is 0. The van der Waals surface area contributed by atoms with Gasteiger partial charge < -0.3 is 10.1 Å². The van der Waals surface area contributed by atoms with Crippen LogP contribution in [0.5, 0.6) is 10.9 Å². The van der Waals surface area contributed by atoms with Gasteiger partial charge in [-0.25, -0.2) is 9.37 Å². The molecule has 2 aliphatic heterocycles. The minimum absolute atomic E-state index is 0.0798. The number of halogens is 1. The highest BCUT2D eigenvalue weighted by molar-refractivity contribution is 7.20. The molecule has 0 radical (unpaired) electrons. The largest absolute Gasteiger partial charge is 0.431 e. The number of carbonyl (C=O) groups is 1. The number of hydrogen-bond acceptors (Lipinski definition) is 5. The number of hydrogen-bond donors (Lipinski definition) is 1. The second-order valence-electron chi connectivity index (χ2n) is 8.56. The number of fused-ring (bicyclic) bond motifs is 3. The lowest BCUT2D eigenvalue weighted by molar-refractivity contribution is -0.120. The van der Waals surface area contributed by atoms with E-state index in [0.29, 0.717) is 39.3 Å². The quantitative estimate of drug-likeness (QED) is 0.593. The topological polar surface area (TPSA) is 54.5 Å². The lowest BCUT2D eigenvalue weighted by Gasteiger charge is -2.39. The highest BCUT2D eigenvalue weighted by Crippen LogP contribution is 2.36. The third kappa shape index (κ3) is 4.43. The Hall–Kier alpha value is -2.51. The molecule has 2 bridgehead atoms. The standard InChI is InChI=1S/C24H26FN3O2S/c1-15(29)26-17-13-18-7-8-19(14-17)28(18)12-11-16-5-9-20(10-6-16)30-24-27-22-4-2-3-21(25)23(22)31-24/h2-6,9-10,17-19H,7-8,11-14H2,1H3,(H,26,29). The second-order valence-corrected chi connectivity index (χ2v) is 9.52. The molecule has 2 aromatic carbocycles. The van der Waals surface area contributed by atoms with E-state index in [-0.39, 0.29) is 11.7 Å². The number of amides is 1. The van der Waals surface area contributed by atoms with Gasteiger partial charge in [-0.3, -0.25) is 9.69 Å². The molecule has 1 aromatic heterocycles. The van der Waals surface area contributed by atoms with Gasteiger partial charge in [0, 0.05) is 31.6 Å². The maximum Gasteiger partial charge on any atom is 0.279 e. The number of benzene rings is 2. The Morgan fingerprint density at radius 1 is 1.19 bits per heavy atom. The second kappa shape index (κ2) is 8.55. The monoisotopic (exact) mass is 439 g/mol. The molecule has 5 nitrogen and oxygen atoms in total. The molecule has 0 aliphatic carbocycles. The predicted molar refractivity (Wildman–Crippen MR) is 120 cm³/mol. The first-order valence-corrected chi connectivity index (χ1v) is 11.7. The van der Waals surface area contributed by atoms with E-state index >= 15 is 0 Å². The van der Waals surface area contributed by atoms with E-state index in [4.69, 9.17) is 4.74 Å². The van der Waals surface area contributed by atoms with Crippen molar-refractivity contribution in [1.29, 1.82) is 0 Å². The lowest BCUT2D eigenvalue weighted by atomic mass is 9.96. The first kappa shape index (κ1) is 20.4. The van der Waals surface area contributed by atoms with Crippen LogP contribution in [0.1, 0.15) is 38.2 Å². The molecule has 1 N–H and O–H groups in total. The predicted octanol–water partition coefficient (Wildman–Crippen LogP) is 4.90. The van der Waals surface area contributed by atoms with Crippen LogP contribution >= 0.6 is 11.3 Å². The molecule has 2 aliphatic rings. The van der Waals surface area contributed by atoms with E-state index in [1.165, 1.54) is 35.8 Å². The number of nitrogens with zero attached hydrogens (tertiary/aromatic N) is 2. The van der Waals surface area contributed by atoms with E-state index < -0.39 is 0 Å². The fraction of sp³-hybridized carbons (Fsp3) is 0.417. The van der Waals surface area contributed by atoms with Crippen molar-refractivity contribution >= 4 is 27.5 Å². The van der Waals surface area contributed by atoms with Crippen molar-refractivity contribution in [3.63, 3.8) is 0 Å². The number of nitrogens with one attached hydrogen (secondary N) is 1. The minimum atomic E-state index is -0.268. The van der Waals surface area contributed by atoms with E-state index in [1.54, 1.807) is 19.1 Å². The molecule has 0 saturated carbocycles. The van der Waals surface area contributed by atoms with Crippen molar-refractivity contribution in [1.82, 2.24) is 15.2 Å². The van der Waals surface area contributed by atoms with Crippen molar-refractivity contribution in [2.75, 3.05) is 6.54 Å². The van der Waals surface area contributed by atoms with Gasteiger partial charge >= 0.3 is 0 Å². The average Bonchev–Trinajstić information content (AvgIpc) is 3.25. The first-order chi connectivity index (χ1) is 15.0. The van der Waals surface area contributed by atoms with E-state index in [0.717, 1.165) is 25.8 Å². The number of thiazole rings is 1. The van der Waals surface area contributed by atoms with Gasteiger partial charge in [0.25, 0.3) is 5.19 Å². The summed E-state index contributed by atoms with van der Waals surface area (Å²) in [6.45, 7) is 2.65. The summed E-state index contributed by atoms with van der Waals surface area (Å²) >= 11 is 1.22. The smallest absolute Gasteiger partial charge is 0.279 e. The van der Waals surface area contributed by atoms with Gasteiger partial charge in [0.1, 0.15) is 11.6 Å². The Morgan fingerprint density at radius 3 is 2.61 bits per heavy atom. The van der Waals surface area contributed by atoms with Crippen molar-refractivity contribution in [3.05, 3.63) is 53.8 Å². The molecule has 2 atom stereocenters. The summed E-state index contributed by atoms with van der Waals surface area (Å²) < 4.78 is 20.2. The van der Waals surface area contributed by atoms with Crippen molar-refractivity contribution < 1.29 is 13.9 Å². The third-order valence-corrected chi connectivity index (χ3v) is 7.38. The maximum atomic E-state index is 13.9. The average molecular weight is 440 g/mol. The Balaban J connectivity index is 1.17. The molecule has 0 spiro atoms. The van der Waals surface area contributed by atoms with Gasteiger partial charge in [-0.1, -0.05) is 29.5 Å². The van der Waals surface area contributed by atoms with Crippen molar-refractivity contribution in [2.24, 2.45) is 0 Å². The Labute approximate surface area is 185 Å². The van der Waals surface area contributed by atoms with Crippen LogP contribution in [-0.4, -0.2) is 40.5 Å². The summed E-state index contributed by atoms with van der Waals surface area (Å²) in [5.41, 5.74) is 1.89. The molecule has 3 heterocycles. The Kier molecular flexibility index (Phi) is 5.63. The van der Waals surface area contributed by atoms with Gasteiger partial charge in [-0.15, -0.1) is 0 Å². The van der Waals surface area contributed by atoms with Crippen LogP contribution in [0.4, 0.5) is 4.39 Å². The zero-order chi connectivity index (χ0) is 21.4. The summed E-state index contributed by atoms with van der Waals surface area (Å²) in [6.07, 6.45) is 5.58. The van der Waals surface area contributed by atoms with Crippen LogP contribution < -0.4 is 10.1 Å². The Morgan fingerprint density at radius 2 is 1.94 bits per heavy atom. The van der Waals surface area contributed by atoms with Crippen LogP contribution in [0.3, 0.4) is 0 Å². The summed E-state index contributed by atoms with van der Waals surface area (Å²) in [4.78, 5) is 18.4. The summed E-state index contributed by atoms with van der Waals surface area (Å²) in [5.74, 6) is 0.519. The fourth-order valence-electron chi connectivity index (χ4n) is 5.07. The molecule has 5 rings (SSSR count). The highest BCUT2D eigenvalue weighted by atomic mass is 32.1. The van der Waals surface area contributed by atoms with Crippen LogP contribution in [0, 0.1) is 5.82 Å². The zero-order valence-corrected chi connectivity index (χ0v) is 18.3. The van der Waals surface area contributed by atoms with Gasteiger partial charge in [0.2, 0.25) is 5.91 Å². The van der Waals surface area contributed by atoms with Crippen molar-refractivity contribution in [3.8, 4) is 10.9 Å². The number of carbonyl (C=O) groups excluding carboxylic acids is 1. The van der Waals surface area contributed by atoms with Crippen LogP contribution in [-0.2, 0) is 11.2 Å². The molecule has 3 aromatic rings. The minimum Gasteiger partial charge on any atom is -0.431 e. The van der Waals surface area contributed by atoms with E-state index in [2.05, 4.69) is 27.3 Å². The van der Waals surface area contributed by atoms with Crippen molar-refractivity contribution in [2.45, 2.75) is 57.2 Å². The SMILES string of the molecule is CC(=O)NC1CC2CCC(C1)N2CCc1ccc(Oc2nc3cccc(F)c3s2)cc1. The number of piperidine rings is 1. The molecule has 162 valence electrons. The maximum absolute atomic E-state index is 13.9. The van der Waals surface area contributed by atoms with Gasteiger partial charge in [-0.05, 0) is 61.9 Å². The number of ether oxygens (including phenoxy) is 1. The van der Waals surface area contributed by atoms with E-state index in [9.17, 15) is 9.18 Å². The van der Waals surface area contributed by atoms with Crippen LogP contribution in [0.2, 0.25) is 0 Å². The molecule has 2 unspecified atom stereocenters. The van der Waals surface area contributed by atoms with E-state index in [1.807, 2.05) is 12.1 Å². The van der Waals surface area contributed by atoms with Crippen LogP contribution in [0.25, 0.3) is 10.2 Å². The number of aromatic nitrogens is 1. The molecular weight excluding hydrogens is 413 g/mol.